The number of carbonyl (C=O) groups is 1. The molecule has 0 spiro atoms. The van der Waals surface area contributed by atoms with Crippen LogP contribution in [0.1, 0.15) is 31.0 Å². The molecular formula is C23H25N3O2. The zero-order valence-electron chi connectivity index (χ0n) is 16.1. The van der Waals surface area contributed by atoms with E-state index in [9.17, 15) is 9.90 Å². The molecule has 0 fully saturated rings. The monoisotopic (exact) mass is 375 g/mol. The van der Waals surface area contributed by atoms with Gasteiger partial charge in [-0.3, -0.25) is 10.1 Å². The molecular weight excluding hydrogens is 350 g/mol. The molecule has 0 radical (unpaired) electrons. The van der Waals surface area contributed by atoms with Crippen molar-refractivity contribution in [2.75, 3.05) is 0 Å². The second-order valence-electron chi connectivity index (χ2n) is 7.51. The molecule has 28 heavy (non-hydrogen) atoms. The first-order chi connectivity index (χ1) is 13.5. The maximum Gasteiger partial charge on any atom is 0.321 e. The van der Waals surface area contributed by atoms with Crippen LogP contribution in [0, 0.1) is 0 Å². The first-order valence-electron chi connectivity index (χ1n) is 9.64. The van der Waals surface area contributed by atoms with Gasteiger partial charge < -0.3 is 14.7 Å². The maximum atomic E-state index is 11.9. The van der Waals surface area contributed by atoms with E-state index in [4.69, 9.17) is 0 Å². The lowest BCUT2D eigenvalue weighted by Crippen LogP contribution is -2.38. The second kappa shape index (κ2) is 7.52. The van der Waals surface area contributed by atoms with Gasteiger partial charge in [0.2, 0.25) is 0 Å². The van der Waals surface area contributed by atoms with Crippen LogP contribution in [0.3, 0.4) is 0 Å². The highest BCUT2D eigenvalue weighted by atomic mass is 16.4. The molecule has 0 aliphatic rings. The number of hydrogen-bond acceptors (Lipinski definition) is 2. The molecule has 2 aromatic heterocycles. The zero-order chi connectivity index (χ0) is 19.7. The van der Waals surface area contributed by atoms with E-state index in [2.05, 4.69) is 47.0 Å². The Morgan fingerprint density at radius 2 is 1.79 bits per heavy atom. The molecule has 0 unspecified atom stereocenters. The van der Waals surface area contributed by atoms with Crippen molar-refractivity contribution in [3.63, 3.8) is 0 Å². The third-order valence-corrected chi connectivity index (χ3v) is 5.32. The molecule has 3 N–H and O–H groups in total. The summed E-state index contributed by atoms with van der Waals surface area (Å²) in [6.45, 7) is 4.82. The Bertz CT molecular complexity index is 1120. The summed E-state index contributed by atoms with van der Waals surface area (Å²) >= 11 is 0. The number of nitrogens with one attached hydrogen (secondary N) is 2. The average Bonchev–Trinajstić information content (AvgIpc) is 3.26. The predicted octanol–water partition coefficient (Wildman–Crippen LogP) is 4.49. The molecule has 0 bridgehead atoms. The van der Waals surface area contributed by atoms with Crippen molar-refractivity contribution in [3.05, 3.63) is 72.1 Å². The Kier molecular flexibility index (Phi) is 4.92. The van der Waals surface area contributed by atoms with Crippen molar-refractivity contribution in [2.45, 2.75) is 38.9 Å². The molecule has 0 aliphatic heterocycles. The van der Waals surface area contributed by atoms with Crippen molar-refractivity contribution in [2.24, 2.45) is 0 Å². The summed E-state index contributed by atoms with van der Waals surface area (Å²) in [4.78, 5) is 15.1. The van der Waals surface area contributed by atoms with Gasteiger partial charge in [-0.2, -0.15) is 0 Å². The summed E-state index contributed by atoms with van der Waals surface area (Å²) in [6, 6.07) is 15.9. The molecule has 1 atom stereocenters. The summed E-state index contributed by atoms with van der Waals surface area (Å²) in [7, 11) is 0. The molecule has 2 aromatic carbocycles. The number of benzene rings is 2. The molecule has 0 amide bonds. The maximum absolute atomic E-state index is 11.9. The number of carboxylic acid groups (broad SMARTS) is 1. The van der Waals surface area contributed by atoms with E-state index in [0.717, 1.165) is 22.0 Å². The minimum atomic E-state index is -0.835. The summed E-state index contributed by atoms with van der Waals surface area (Å²) in [5.41, 5.74) is 4.34. The highest BCUT2D eigenvalue weighted by Crippen LogP contribution is 2.25. The molecule has 0 aliphatic carbocycles. The number of carboxylic acids is 1. The average molecular weight is 375 g/mol. The van der Waals surface area contributed by atoms with E-state index in [1.165, 1.54) is 10.9 Å². The quantitative estimate of drug-likeness (QED) is 0.446. The van der Waals surface area contributed by atoms with Gasteiger partial charge in [0.15, 0.2) is 0 Å². The topological polar surface area (TPSA) is 70.0 Å². The summed E-state index contributed by atoms with van der Waals surface area (Å²) in [6.07, 6.45) is 4.47. The lowest BCUT2D eigenvalue weighted by molar-refractivity contribution is -0.139. The predicted molar refractivity (Wildman–Crippen MR) is 113 cm³/mol. The van der Waals surface area contributed by atoms with Crippen LogP contribution >= 0.6 is 0 Å². The number of rotatable bonds is 7. The number of aliphatic carboxylic acids is 1. The largest absolute Gasteiger partial charge is 0.480 e. The number of para-hydroxylation sites is 2. The van der Waals surface area contributed by atoms with Crippen molar-refractivity contribution in [1.29, 1.82) is 0 Å². The normalized spacial score (nSPS) is 12.8. The van der Waals surface area contributed by atoms with E-state index < -0.39 is 12.0 Å². The minimum Gasteiger partial charge on any atom is -0.480 e. The van der Waals surface area contributed by atoms with Crippen molar-refractivity contribution in [1.82, 2.24) is 14.9 Å². The number of H-pyrrole nitrogens is 1. The van der Waals surface area contributed by atoms with Crippen LogP contribution in [0.15, 0.2) is 60.9 Å². The first-order valence-corrected chi connectivity index (χ1v) is 9.64. The van der Waals surface area contributed by atoms with E-state index in [0.29, 0.717) is 19.0 Å². The Labute approximate surface area is 164 Å². The highest BCUT2D eigenvalue weighted by Gasteiger charge is 2.20. The van der Waals surface area contributed by atoms with E-state index >= 15 is 0 Å². The summed E-state index contributed by atoms with van der Waals surface area (Å²) in [5.74, 6) is -0.835. The molecule has 2 heterocycles. The molecule has 5 nitrogen and oxygen atoms in total. The van der Waals surface area contributed by atoms with Gasteiger partial charge in [-0.15, -0.1) is 0 Å². The van der Waals surface area contributed by atoms with Gasteiger partial charge in [0.05, 0.1) is 0 Å². The van der Waals surface area contributed by atoms with Crippen LogP contribution in [-0.2, 0) is 17.8 Å². The number of hydrogen-bond donors (Lipinski definition) is 3. The van der Waals surface area contributed by atoms with Crippen LogP contribution in [0.5, 0.6) is 0 Å². The molecule has 4 aromatic rings. The smallest absolute Gasteiger partial charge is 0.321 e. The van der Waals surface area contributed by atoms with Crippen LogP contribution in [0.4, 0.5) is 0 Å². The third kappa shape index (κ3) is 3.41. The number of fused-ring (bicyclic) bond motifs is 2. The van der Waals surface area contributed by atoms with Gasteiger partial charge in [0.25, 0.3) is 0 Å². The Hall–Kier alpha value is -3.05. The number of nitrogens with zero attached hydrogens (tertiary/aromatic N) is 1. The van der Waals surface area contributed by atoms with E-state index in [1.54, 1.807) is 0 Å². The SMILES string of the molecule is CC(C)n1cc(CN[C@H](Cc2c[nH]c3ccccc23)C(=O)O)c2ccccc21. The molecule has 0 saturated carbocycles. The molecule has 0 saturated heterocycles. The zero-order valence-corrected chi connectivity index (χ0v) is 16.1. The summed E-state index contributed by atoms with van der Waals surface area (Å²) < 4.78 is 2.24. The minimum absolute atomic E-state index is 0.347. The lowest BCUT2D eigenvalue weighted by Gasteiger charge is -2.14. The van der Waals surface area contributed by atoms with Crippen molar-refractivity contribution >= 4 is 27.8 Å². The molecule has 4 rings (SSSR count). The van der Waals surface area contributed by atoms with Crippen LogP contribution < -0.4 is 5.32 Å². The van der Waals surface area contributed by atoms with Crippen LogP contribution in [0.2, 0.25) is 0 Å². The Balaban J connectivity index is 1.57. The van der Waals surface area contributed by atoms with Crippen molar-refractivity contribution in [3.8, 4) is 0 Å². The van der Waals surface area contributed by atoms with Gasteiger partial charge in [-0.05, 0) is 37.1 Å². The van der Waals surface area contributed by atoms with Gasteiger partial charge in [0, 0.05) is 53.2 Å². The fourth-order valence-corrected chi connectivity index (χ4v) is 3.85. The van der Waals surface area contributed by atoms with E-state index in [1.807, 2.05) is 42.6 Å². The summed E-state index contributed by atoms with van der Waals surface area (Å²) in [5, 5.41) is 15.2. The van der Waals surface area contributed by atoms with E-state index in [-0.39, 0.29) is 0 Å². The van der Waals surface area contributed by atoms with Crippen LogP contribution in [0.25, 0.3) is 21.8 Å². The molecule has 5 heteroatoms. The fraction of sp³-hybridized carbons (Fsp3) is 0.261. The van der Waals surface area contributed by atoms with Gasteiger partial charge >= 0.3 is 5.97 Å². The third-order valence-electron chi connectivity index (χ3n) is 5.32. The molecule has 144 valence electrons. The number of aromatic amines is 1. The Morgan fingerprint density at radius 1 is 1.07 bits per heavy atom. The standard InChI is InChI=1S/C23H25N3O2/c1-15(2)26-14-17(19-8-4-6-10-22(19)26)13-25-21(23(27)28)11-16-12-24-20-9-5-3-7-18(16)20/h3-10,12,14-15,21,24-25H,11,13H2,1-2H3,(H,27,28)/t21-/m1/s1. The Morgan fingerprint density at radius 3 is 2.54 bits per heavy atom. The van der Waals surface area contributed by atoms with Gasteiger partial charge in [-0.1, -0.05) is 36.4 Å². The lowest BCUT2D eigenvalue weighted by atomic mass is 10.0. The highest BCUT2D eigenvalue weighted by molar-refractivity contribution is 5.85. The van der Waals surface area contributed by atoms with Crippen LogP contribution in [-0.4, -0.2) is 26.7 Å². The van der Waals surface area contributed by atoms with Crippen molar-refractivity contribution < 1.29 is 9.90 Å². The fourth-order valence-electron chi connectivity index (χ4n) is 3.85. The second-order valence-corrected chi connectivity index (χ2v) is 7.51. The van der Waals surface area contributed by atoms with Gasteiger partial charge in [-0.25, -0.2) is 0 Å². The number of aromatic nitrogens is 2. The first kappa shape index (κ1) is 18.3. The van der Waals surface area contributed by atoms with Gasteiger partial charge in [0.1, 0.15) is 6.04 Å².